The molecular weight excluding hydrogens is 232 g/mol. The molecule has 0 spiro atoms. The van der Waals surface area contributed by atoms with Gasteiger partial charge in [0.1, 0.15) is 0 Å². The summed E-state index contributed by atoms with van der Waals surface area (Å²) in [5.74, 6) is 0. The molecule has 1 atom stereocenters. The van der Waals surface area contributed by atoms with Gasteiger partial charge in [-0.25, -0.2) is 0 Å². The molecule has 2 rings (SSSR count). The first-order valence-corrected chi connectivity index (χ1v) is 7.84. The molecule has 19 heavy (non-hydrogen) atoms. The topological polar surface area (TPSA) is 18.5 Å². The van der Waals surface area contributed by atoms with E-state index in [-0.39, 0.29) is 0 Å². The molecule has 2 saturated heterocycles. The number of piperidine rings is 1. The Kier molecular flexibility index (Phi) is 5.38. The third-order valence-electron chi connectivity index (χ3n) is 4.92. The van der Waals surface area contributed by atoms with Crippen molar-refractivity contribution in [1.29, 1.82) is 0 Å². The fourth-order valence-corrected chi connectivity index (χ4v) is 3.38. The van der Waals surface area contributed by atoms with Crippen LogP contribution in [0.2, 0.25) is 0 Å². The highest BCUT2D eigenvalue weighted by atomic mass is 15.2. The summed E-state index contributed by atoms with van der Waals surface area (Å²) in [4.78, 5) is 4.95. The van der Waals surface area contributed by atoms with Crippen molar-refractivity contribution in [2.24, 2.45) is 0 Å². The van der Waals surface area contributed by atoms with E-state index in [4.69, 9.17) is 15.7 Å². The largest absolute Gasteiger partial charge is 0.315 e. The molecule has 3 nitrogen and oxygen atoms in total. The Morgan fingerprint density at radius 2 is 1.89 bits per heavy atom. The Balaban J connectivity index is 1.92. The van der Waals surface area contributed by atoms with Crippen LogP contribution >= 0.6 is 0 Å². The molecule has 0 aromatic carbocycles. The first-order valence-electron chi connectivity index (χ1n) is 7.84. The van der Waals surface area contributed by atoms with Crippen LogP contribution in [0.15, 0.2) is 0 Å². The monoisotopic (exact) mass is 259 g/mol. The van der Waals surface area contributed by atoms with Gasteiger partial charge in [-0.15, -0.1) is 0 Å². The Morgan fingerprint density at radius 1 is 1.21 bits per heavy atom. The maximum atomic E-state index is 6.32. The van der Waals surface area contributed by atoms with Gasteiger partial charge >= 0.3 is 0 Å². The van der Waals surface area contributed by atoms with Crippen molar-refractivity contribution in [3.63, 3.8) is 0 Å². The van der Waals surface area contributed by atoms with Crippen molar-refractivity contribution < 1.29 is 0 Å². The van der Waals surface area contributed by atoms with Crippen molar-refractivity contribution >= 4 is 15.7 Å². The Bertz CT molecular complexity index is 278. The first-order chi connectivity index (χ1) is 9.04. The van der Waals surface area contributed by atoms with Crippen molar-refractivity contribution in [2.75, 3.05) is 32.7 Å². The van der Waals surface area contributed by atoms with Gasteiger partial charge in [0, 0.05) is 25.2 Å². The maximum Gasteiger partial charge on any atom is 0.0825 e. The molecule has 0 unspecified atom stereocenters. The molecule has 2 fully saturated rings. The molecule has 0 aromatic heterocycles. The molecule has 4 radical (unpaired) electrons. The van der Waals surface area contributed by atoms with Gasteiger partial charge in [-0.3, -0.25) is 0 Å². The normalized spacial score (nSPS) is 28.9. The first kappa shape index (κ1) is 15.4. The van der Waals surface area contributed by atoms with E-state index in [1.807, 2.05) is 0 Å². The molecule has 2 heterocycles. The molecule has 5 heteroatoms. The van der Waals surface area contributed by atoms with Crippen LogP contribution in [0.5, 0.6) is 0 Å². The fraction of sp³-hybridized carbons (Fsp3) is 1.00. The number of nitrogens with zero attached hydrogens (tertiary/aromatic N) is 2. The minimum atomic E-state index is -0.632. The molecule has 0 saturated carbocycles. The molecular formula is C14H27B2N3. The second kappa shape index (κ2) is 6.64. The van der Waals surface area contributed by atoms with Gasteiger partial charge in [-0.1, -0.05) is 12.3 Å². The zero-order valence-electron chi connectivity index (χ0n) is 12.6. The lowest BCUT2D eigenvalue weighted by Gasteiger charge is -2.47. The van der Waals surface area contributed by atoms with Crippen LogP contribution in [0.25, 0.3) is 0 Å². The van der Waals surface area contributed by atoms with Crippen LogP contribution < -0.4 is 5.32 Å². The maximum absolute atomic E-state index is 6.32. The van der Waals surface area contributed by atoms with E-state index in [1.165, 1.54) is 32.4 Å². The predicted octanol–water partition coefficient (Wildman–Crippen LogP) is 0.535. The summed E-state index contributed by atoms with van der Waals surface area (Å²) >= 11 is 0. The average Bonchev–Trinajstić information content (AvgIpc) is 2.59. The van der Waals surface area contributed by atoms with Gasteiger partial charge in [-0.2, -0.15) is 0 Å². The molecule has 0 bridgehead atoms. The highest BCUT2D eigenvalue weighted by molar-refractivity contribution is 6.40. The van der Waals surface area contributed by atoms with Crippen molar-refractivity contribution in [3.8, 4) is 0 Å². The Labute approximate surface area is 121 Å². The van der Waals surface area contributed by atoms with E-state index >= 15 is 0 Å². The van der Waals surface area contributed by atoms with Gasteiger partial charge in [0.05, 0.1) is 15.7 Å². The number of rotatable bonds is 3. The van der Waals surface area contributed by atoms with Crippen LogP contribution in [0.1, 0.15) is 39.5 Å². The smallest absolute Gasteiger partial charge is 0.0825 e. The summed E-state index contributed by atoms with van der Waals surface area (Å²) in [5.41, 5.74) is 0. The predicted molar refractivity (Wildman–Crippen MR) is 82.8 cm³/mol. The van der Waals surface area contributed by atoms with Crippen LogP contribution in [-0.4, -0.2) is 75.6 Å². The van der Waals surface area contributed by atoms with Crippen LogP contribution in [-0.2, 0) is 0 Å². The number of hydrogen-bond donors (Lipinski definition) is 1. The zero-order chi connectivity index (χ0) is 13.9. The van der Waals surface area contributed by atoms with E-state index in [0.717, 1.165) is 26.1 Å². The number of nitrogens with one attached hydrogen (secondary N) is 1. The van der Waals surface area contributed by atoms with Gasteiger partial charge in [0.25, 0.3) is 0 Å². The third-order valence-corrected chi connectivity index (χ3v) is 4.92. The minimum Gasteiger partial charge on any atom is -0.315 e. The minimum absolute atomic E-state index is 0.551. The van der Waals surface area contributed by atoms with Gasteiger partial charge in [-0.05, 0) is 52.2 Å². The summed E-state index contributed by atoms with van der Waals surface area (Å²) in [7, 11) is 12.6. The van der Waals surface area contributed by atoms with Gasteiger partial charge < -0.3 is 15.1 Å². The van der Waals surface area contributed by atoms with E-state index in [9.17, 15) is 0 Å². The van der Waals surface area contributed by atoms with E-state index in [2.05, 4.69) is 29.0 Å². The van der Waals surface area contributed by atoms with Crippen LogP contribution in [0.3, 0.4) is 0 Å². The average molecular weight is 259 g/mol. The van der Waals surface area contributed by atoms with E-state index in [1.54, 1.807) is 0 Å². The molecule has 0 aromatic rings. The summed E-state index contributed by atoms with van der Waals surface area (Å²) in [6, 6.07) is 1.25. The SMILES string of the molecule is [B]C1([B])CCNCCN1C1CCN([C@@H](C)CC)CC1. The summed E-state index contributed by atoms with van der Waals surface area (Å²) in [5, 5.41) is 2.76. The van der Waals surface area contributed by atoms with Crippen molar-refractivity contribution in [3.05, 3.63) is 0 Å². The number of hydrogen-bond acceptors (Lipinski definition) is 3. The van der Waals surface area contributed by atoms with Crippen molar-refractivity contribution in [1.82, 2.24) is 15.1 Å². The molecule has 2 aliphatic heterocycles. The van der Waals surface area contributed by atoms with Crippen molar-refractivity contribution in [2.45, 2.75) is 57.0 Å². The van der Waals surface area contributed by atoms with Crippen LogP contribution in [0, 0.1) is 0 Å². The Morgan fingerprint density at radius 3 is 2.53 bits per heavy atom. The molecule has 1 N–H and O–H groups in total. The van der Waals surface area contributed by atoms with Gasteiger partial charge in [0.15, 0.2) is 0 Å². The third kappa shape index (κ3) is 3.77. The molecule has 0 amide bonds. The lowest BCUT2D eigenvalue weighted by molar-refractivity contribution is 0.0721. The van der Waals surface area contributed by atoms with E-state index < -0.39 is 5.34 Å². The highest BCUT2D eigenvalue weighted by Crippen LogP contribution is 2.25. The summed E-state index contributed by atoms with van der Waals surface area (Å²) in [6.45, 7) is 9.85. The lowest BCUT2D eigenvalue weighted by Crippen LogP contribution is -2.58. The summed E-state index contributed by atoms with van der Waals surface area (Å²) < 4.78 is 0. The lowest BCUT2D eigenvalue weighted by atomic mass is 9.58. The fourth-order valence-electron chi connectivity index (χ4n) is 3.38. The molecule has 0 aliphatic carbocycles. The standard InChI is InChI=1S/C14H27B2N3/c1-3-12(2)18-9-4-13(5-10-18)19-11-8-17-7-6-14(19,15)16/h12-13,17H,3-11H2,1-2H3/t12-/m0/s1. The molecule has 2 aliphatic rings. The van der Waals surface area contributed by atoms with Gasteiger partial charge in [0.2, 0.25) is 0 Å². The summed E-state index contributed by atoms with van der Waals surface area (Å²) in [6.07, 6.45) is 4.45. The molecule has 104 valence electrons. The second-order valence-electron chi connectivity index (χ2n) is 6.21. The second-order valence-corrected chi connectivity index (χ2v) is 6.21. The zero-order valence-corrected chi connectivity index (χ0v) is 12.6. The van der Waals surface area contributed by atoms with E-state index in [0.29, 0.717) is 12.1 Å². The Hall–Kier alpha value is 0.00987. The number of likely N-dealkylation sites (tertiary alicyclic amines) is 1. The quantitative estimate of drug-likeness (QED) is 0.746. The van der Waals surface area contributed by atoms with Crippen LogP contribution in [0.4, 0.5) is 0 Å². The highest BCUT2D eigenvalue weighted by Gasteiger charge is 2.34.